The average molecular weight is 397 g/mol. The molecule has 0 bridgehead atoms. The Labute approximate surface area is 168 Å². The molecule has 0 saturated heterocycles. The topological polar surface area (TPSA) is 95.5 Å². The van der Waals surface area contributed by atoms with Crippen LogP contribution >= 0.6 is 0 Å². The Balaban J connectivity index is 1.30. The fourth-order valence-corrected chi connectivity index (χ4v) is 3.18. The molecule has 0 fully saturated rings. The normalized spacial score (nSPS) is 12.4. The molecular weight excluding hydrogens is 374 g/mol. The molecule has 0 radical (unpaired) electrons. The van der Waals surface area contributed by atoms with Crippen LogP contribution in [0.5, 0.6) is 11.5 Å². The first kappa shape index (κ1) is 19.0. The van der Waals surface area contributed by atoms with Crippen molar-refractivity contribution in [2.24, 2.45) is 0 Å². The second-order valence-electron chi connectivity index (χ2n) is 7.03. The largest absolute Gasteiger partial charge is 0.454 e. The molecule has 9 nitrogen and oxygen atoms in total. The molecule has 0 spiro atoms. The van der Waals surface area contributed by atoms with Crippen molar-refractivity contribution in [2.75, 3.05) is 20.4 Å². The second-order valence-corrected chi connectivity index (χ2v) is 7.03. The fraction of sp³-hybridized carbons (Fsp3) is 0.400. The van der Waals surface area contributed by atoms with E-state index in [1.165, 1.54) is 0 Å². The molecule has 3 heterocycles. The van der Waals surface area contributed by atoms with E-state index < -0.39 is 0 Å². The first-order valence-corrected chi connectivity index (χ1v) is 9.47. The van der Waals surface area contributed by atoms with Gasteiger partial charge < -0.3 is 18.8 Å². The smallest absolute Gasteiger partial charge is 0.247 e. The van der Waals surface area contributed by atoms with Gasteiger partial charge in [0.25, 0.3) is 0 Å². The number of aryl methyl sites for hydroxylation is 3. The van der Waals surface area contributed by atoms with Crippen molar-refractivity contribution in [3.63, 3.8) is 0 Å². The third kappa shape index (κ3) is 4.23. The predicted molar refractivity (Wildman–Crippen MR) is 104 cm³/mol. The minimum Gasteiger partial charge on any atom is -0.454 e. The van der Waals surface area contributed by atoms with Gasteiger partial charge in [-0.3, -0.25) is 9.48 Å². The van der Waals surface area contributed by atoms with Crippen molar-refractivity contribution in [1.29, 1.82) is 0 Å². The third-order valence-electron chi connectivity index (χ3n) is 4.82. The molecular formula is C20H23N5O4. The van der Waals surface area contributed by atoms with E-state index in [0.29, 0.717) is 49.2 Å². The second kappa shape index (κ2) is 7.94. The third-order valence-corrected chi connectivity index (χ3v) is 4.82. The van der Waals surface area contributed by atoms with E-state index >= 15 is 0 Å². The van der Waals surface area contributed by atoms with E-state index in [2.05, 4.69) is 15.3 Å². The minimum absolute atomic E-state index is 0.0226. The summed E-state index contributed by atoms with van der Waals surface area (Å²) in [6.07, 6.45) is 0.691. The number of aromatic nitrogens is 4. The number of hydrogen-bond acceptors (Lipinski definition) is 7. The Bertz CT molecular complexity index is 1030. The summed E-state index contributed by atoms with van der Waals surface area (Å²) in [6.45, 7) is 5.43. The van der Waals surface area contributed by atoms with Crippen LogP contribution < -0.4 is 9.47 Å². The zero-order valence-corrected chi connectivity index (χ0v) is 16.7. The summed E-state index contributed by atoms with van der Waals surface area (Å²) in [7, 11) is 1.79. The lowest BCUT2D eigenvalue weighted by Gasteiger charge is -2.17. The van der Waals surface area contributed by atoms with Crippen molar-refractivity contribution in [3.8, 4) is 23.0 Å². The molecule has 0 unspecified atom stereocenters. The highest BCUT2D eigenvalue weighted by Gasteiger charge is 2.17. The molecule has 9 heteroatoms. The molecule has 2 aromatic heterocycles. The highest BCUT2D eigenvalue weighted by Crippen LogP contribution is 2.35. The average Bonchev–Trinajstić information content (AvgIpc) is 3.43. The lowest BCUT2D eigenvalue weighted by atomic mass is 10.2. The standard InChI is InChI=1S/C20H23N5O4/c1-13-10-14(2)25(23-13)9-8-24(3)19(26)7-6-18-21-22-20(29-18)15-4-5-16-17(11-15)28-12-27-16/h4-5,10-11H,6-9,12H2,1-3H3. The van der Waals surface area contributed by atoms with Gasteiger partial charge in [0.1, 0.15) is 0 Å². The van der Waals surface area contributed by atoms with Gasteiger partial charge in [0, 0.05) is 37.7 Å². The summed E-state index contributed by atoms with van der Waals surface area (Å²) in [4.78, 5) is 14.1. The van der Waals surface area contributed by atoms with Crippen LogP contribution in [-0.4, -0.2) is 51.2 Å². The molecule has 3 aromatic rings. The first-order chi connectivity index (χ1) is 14.0. The van der Waals surface area contributed by atoms with Gasteiger partial charge in [0.2, 0.25) is 24.5 Å². The Morgan fingerprint density at radius 2 is 2.00 bits per heavy atom. The molecule has 1 aromatic carbocycles. The molecule has 1 aliphatic rings. The van der Waals surface area contributed by atoms with Crippen molar-refractivity contribution < 1.29 is 18.7 Å². The van der Waals surface area contributed by atoms with E-state index in [-0.39, 0.29) is 12.7 Å². The summed E-state index contributed by atoms with van der Waals surface area (Å²) in [5, 5.41) is 12.5. The van der Waals surface area contributed by atoms with Gasteiger partial charge in [-0.2, -0.15) is 5.10 Å². The molecule has 0 saturated carbocycles. The number of likely N-dealkylation sites (N-methyl/N-ethyl adjacent to an activating group) is 1. The van der Waals surface area contributed by atoms with E-state index in [0.717, 1.165) is 17.0 Å². The van der Waals surface area contributed by atoms with Gasteiger partial charge in [-0.15, -0.1) is 10.2 Å². The van der Waals surface area contributed by atoms with Crippen LogP contribution in [0.4, 0.5) is 0 Å². The van der Waals surface area contributed by atoms with Crippen molar-refractivity contribution in [3.05, 3.63) is 41.5 Å². The maximum atomic E-state index is 12.4. The number of nitrogens with zero attached hydrogens (tertiary/aromatic N) is 5. The van der Waals surface area contributed by atoms with Crippen LogP contribution in [0.3, 0.4) is 0 Å². The van der Waals surface area contributed by atoms with E-state index in [4.69, 9.17) is 13.9 Å². The van der Waals surface area contributed by atoms with Crippen LogP contribution in [-0.2, 0) is 17.8 Å². The molecule has 4 rings (SSSR count). The highest BCUT2D eigenvalue weighted by molar-refractivity contribution is 5.76. The van der Waals surface area contributed by atoms with E-state index in [1.807, 2.05) is 36.7 Å². The lowest BCUT2D eigenvalue weighted by Crippen LogP contribution is -2.30. The number of hydrogen-bond donors (Lipinski definition) is 0. The Morgan fingerprint density at radius 1 is 1.17 bits per heavy atom. The predicted octanol–water partition coefficient (Wildman–Crippen LogP) is 2.37. The summed E-state index contributed by atoms with van der Waals surface area (Å²) in [5.74, 6) is 2.19. The first-order valence-electron chi connectivity index (χ1n) is 9.47. The number of ether oxygens (including phenoxy) is 2. The summed E-state index contributed by atoms with van der Waals surface area (Å²) in [5.41, 5.74) is 2.82. The summed E-state index contributed by atoms with van der Waals surface area (Å²) < 4.78 is 18.3. The van der Waals surface area contributed by atoms with Crippen molar-refractivity contribution in [2.45, 2.75) is 33.2 Å². The maximum Gasteiger partial charge on any atom is 0.247 e. The number of rotatable bonds is 7. The Morgan fingerprint density at radius 3 is 2.79 bits per heavy atom. The lowest BCUT2D eigenvalue weighted by molar-refractivity contribution is -0.130. The van der Waals surface area contributed by atoms with Gasteiger partial charge >= 0.3 is 0 Å². The monoisotopic (exact) mass is 397 g/mol. The molecule has 0 atom stereocenters. The quantitative estimate of drug-likeness (QED) is 0.604. The van der Waals surface area contributed by atoms with Gasteiger partial charge in [0.05, 0.1) is 12.2 Å². The van der Waals surface area contributed by atoms with Crippen LogP contribution in [0, 0.1) is 13.8 Å². The van der Waals surface area contributed by atoms with Crippen LogP contribution in [0.25, 0.3) is 11.5 Å². The van der Waals surface area contributed by atoms with Gasteiger partial charge in [0.15, 0.2) is 11.5 Å². The number of amides is 1. The molecule has 1 amide bonds. The van der Waals surface area contributed by atoms with Gasteiger partial charge in [-0.1, -0.05) is 0 Å². The summed E-state index contributed by atoms with van der Waals surface area (Å²) in [6, 6.07) is 7.47. The van der Waals surface area contributed by atoms with E-state index in [9.17, 15) is 4.79 Å². The Kier molecular flexibility index (Phi) is 5.20. The van der Waals surface area contributed by atoms with Crippen LogP contribution in [0.15, 0.2) is 28.7 Å². The number of fused-ring (bicyclic) bond motifs is 1. The van der Waals surface area contributed by atoms with Crippen molar-refractivity contribution in [1.82, 2.24) is 24.9 Å². The molecule has 29 heavy (non-hydrogen) atoms. The van der Waals surface area contributed by atoms with Gasteiger partial charge in [-0.25, -0.2) is 0 Å². The molecule has 0 N–H and O–H groups in total. The number of benzene rings is 1. The van der Waals surface area contributed by atoms with Crippen LogP contribution in [0.2, 0.25) is 0 Å². The number of carbonyl (C=O) groups excluding carboxylic acids is 1. The zero-order valence-electron chi connectivity index (χ0n) is 16.7. The summed E-state index contributed by atoms with van der Waals surface area (Å²) >= 11 is 0. The number of carbonyl (C=O) groups is 1. The van der Waals surface area contributed by atoms with Gasteiger partial charge in [-0.05, 0) is 38.1 Å². The Hall–Kier alpha value is -3.36. The molecule has 1 aliphatic heterocycles. The SMILES string of the molecule is Cc1cc(C)n(CCN(C)C(=O)CCc2nnc(-c3ccc4c(c3)OCO4)o2)n1. The fourth-order valence-electron chi connectivity index (χ4n) is 3.18. The van der Waals surface area contributed by atoms with Crippen molar-refractivity contribution >= 4 is 5.91 Å². The maximum absolute atomic E-state index is 12.4. The zero-order chi connectivity index (χ0) is 20.4. The molecule has 152 valence electrons. The highest BCUT2D eigenvalue weighted by atomic mass is 16.7. The van der Waals surface area contributed by atoms with Crippen LogP contribution in [0.1, 0.15) is 23.7 Å². The molecule has 0 aliphatic carbocycles. The van der Waals surface area contributed by atoms with E-state index in [1.54, 1.807) is 18.0 Å². The minimum atomic E-state index is 0.0226.